The summed E-state index contributed by atoms with van der Waals surface area (Å²) in [5.74, 6) is 0.808. The van der Waals surface area contributed by atoms with Gasteiger partial charge in [0, 0.05) is 18.6 Å². The maximum atomic E-state index is 3.58. The van der Waals surface area contributed by atoms with Crippen LogP contribution in [0.2, 0.25) is 0 Å². The van der Waals surface area contributed by atoms with Crippen LogP contribution in [0.15, 0.2) is 0 Å². The molecule has 0 bridgehead atoms. The zero-order valence-electron chi connectivity index (χ0n) is 12.7. The van der Waals surface area contributed by atoms with Gasteiger partial charge < -0.3 is 10.2 Å². The highest BCUT2D eigenvalue weighted by Gasteiger charge is 2.38. The molecule has 1 saturated carbocycles. The summed E-state index contributed by atoms with van der Waals surface area (Å²) in [5.41, 5.74) is 0.452. The van der Waals surface area contributed by atoms with Gasteiger partial charge in [-0.15, -0.1) is 0 Å². The van der Waals surface area contributed by atoms with Crippen molar-refractivity contribution in [2.24, 2.45) is 11.3 Å². The second-order valence-electron chi connectivity index (χ2n) is 6.60. The van der Waals surface area contributed by atoms with Gasteiger partial charge in [-0.25, -0.2) is 0 Å². The summed E-state index contributed by atoms with van der Waals surface area (Å²) < 4.78 is 0. The zero-order chi connectivity index (χ0) is 13.1. The first-order valence-electron chi connectivity index (χ1n) is 7.30. The van der Waals surface area contributed by atoms with Crippen molar-refractivity contribution in [3.8, 4) is 0 Å². The highest BCUT2D eigenvalue weighted by Crippen LogP contribution is 2.39. The Morgan fingerprint density at radius 1 is 1.41 bits per heavy atom. The van der Waals surface area contributed by atoms with Crippen LogP contribution in [-0.4, -0.2) is 37.6 Å². The number of hydrogen-bond donors (Lipinski definition) is 1. The topological polar surface area (TPSA) is 15.3 Å². The van der Waals surface area contributed by atoms with E-state index in [1.54, 1.807) is 0 Å². The average Bonchev–Trinajstić information content (AvgIpc) is 2.27. The van der Waals surface area contributed by atoms with Crippen LogP contribution in [-0.2, 0) is 0 Å². The fourth-order valence-corrected chi connectivity index (χ4v) is 3.46. The van der Waals surface area contributed by atoms with E-state index in [1.807, 2.05) is 0 Å². The summed E-state index contributed by atoms with van der Waals surface area (Å²) in [6, 6.07) is 1.38. The lowest BCUT2D eigenvalue weighted by atomic mass is 9.68. The van der Waals surface area contributed by atoms with E-state index in [0.29, 0.717) is 17.5 Å². The molecule has 2 heteroatoms. The Bertz CT molecular complexity index is 225. The minimum Gasteiger partial charge on any atom is -0.316 e. The molecule has 0 aromatic carbocycles. The van der Waals surface area contributed by atoms with Gasteiger partial charge in [-0.05, 0) is 51.6 Å². The van der Waals surface area contributed by atoms with E-state index in [9.17, 15) is 0 Å². The van der Waals surface area contributed by atoms with Gasteiger partial charge in [-0.1, -0.05) is 27.2 Å². The lowest BCUT2D eigenvalue weighted by Gasteiger charge is -2.45. The smallest absolute Gasteiger partial charge is 0.0156 e. The van der Waals surface area contributed by atoms with Gasteiger partial charge in [0.05, 0.1) is 0 Å². The number of rotatable bonds is 5. The van der Waals surface area contributed by atoms with E-state index in [4.69, 9.17) is 0 Å². The van der Waals surface area contributed by atoms with Crippen molar-refractivity contribution < 1.29 is 0 Å². The normalized spacial score (nSPS) is 30.5. The van der Waals surface area contributed by atoms with E-state index >= 15 is 0 Å². The van der Waals surface area contributed by atoms with Crippen molar-refractivity contribution >= 4 is 0 Å². The zero-order valence-corrected chi connectivity index (χ0v) is 12.7. The van der Waals surface area contributed by atoms with Crippen molar-refractivity contribution in [2.75, 3.05) is 20.6 Å². The van der Waals surface area contributed by atoms with E-state index in [1.165, 1.54) is 32.2 Å². The fourth-order valence-electron chi connectivity index (χ4n) is 3.46. The van der Waals surface area contributed by atoms with Crippen molar-refractivity contribution in [1.82, 2.24) is 10.2 Å². The Hall–Kier alpha value is -0.0800. The van der Waals surface area contributed by atoms with E-state index in [-0.39, 0.29) is 0 Å². The molecule has 1 fully saturated rings. The van der Waals surface area contributed by atoms with Gasteiger partial charge in [0.1, 0.15) is 0 Å². The Morgan fingerprint density at radius 2 is 2.06 bits per heavy atom. The van der Waals surface area contributed by atoms with Crippen LogP contribution in [0, 0.1) is 11.3 Å². The molecule has 0 amide bonds. The highest BCUT2D eigenvalue weighted by molar-refractivity contribution is 4.93. The van der Waals surface area contributed by atoms with Crippen LogP contribution in [0.1, 0.15) is 53.4 Å². The van der Waals surface area contributed by atoms with Crippen molar-refractivity contribution in [3.05, 3.63) is 0 Å². The molecule has 0 aromatic rings. The molecular weight excluding hydrogens is 208 g/mol. The molecule has 0 spiro atoms. The molecule has 1 aliphatic rings. The molecule has 2 nitrogen and oxygen atoms in total. The first kappa shape index (κ1) is 15.0. The first-order valence-corrected chi connectivity index (χ1v) is 7.30. The van der Waals surface area contributed by atoms with Gasteiger partial charge in [0.2, 0.25) is 0 Å². The van der Waals surface area contributed by atoms with Gasteiger partial charge >= 0.3 is 0 Å². The van der Waals surface area contributed by atoms with Crippen molar-refractivity contribution in [2.45, 2.75) is 65.5 Å². The summed E-state index contributed by atoms with van der Waals surface area (Å²) >= 11 is 0. The largest absolute Gasteiger partial charge is 0.316 e. The van der Waals surface area contributed by atoms with Crippen LogP contribution in [0.5, 0.6) is 0 Å². The third kappa shape index (κ3) is 3.69. The predicted octanol–water partition coefficient (Wildman–Crippen LogP) is 3.13. The lowest BCUT2D eigenvalue weighted by molar-refractivity contribution is 0.0804. The van der Waals surface area contributed by atoms with E-state index in [0.717, 1.165) is 5.92 Å². The molecule has 0 heterocycles. The maximum absolute atomic E-state index is 3.58. The van der Waals surface area contributed by atoms with Gasteiger partial charge in [0.25, 0.3) is 0 Å². The molecule has 1 aliphatic carbocycles. The molecule has 0 radical (unpaired) electrons. The van der Waals surface area contributed by atoms with Crippen LogP contribution in [0.25, 0.3) is 0 Å². The van der Waals surface area contributed by atoms with Gasteiger partial charge in [-0.2, -0.15) is 0 Å². The molecular formula is C15H32N2. The minimum absolute atomic E-state index is 0.452. The monoisotopic (exact) mass is 240 g/mol. The van der Waals surface area contributed by atoms with Gasteiger partial charge in [-0.3, -0.25) is 0 Å². The standard InChI is InChI=1S/C15H32N2/c1-7-12(2)17(6)11-13-9-8-10-15(3,4)14(13)16-5/h12-14,16H,7-11H2,1-6H3. The van der Waals surface area contributed by atoms with E-state index < -0.39 is 0 Å². The third-order valence-corrected chi connectivity index (χ3v) is 4.89. The molecule has 1 N–H and O–H groups in total. The average molecular weight is 240 g/mol. The van der Waals surface area contributed by atoms with Crippen LogP contribution in [0.4, 0.5) is 0 Å². The summed E-state index contributed by atoms with van der Waals surface area (Å²) in [6.07, 6.45) is 5.39. The molecule has 1 rings (SSSR count). The van der Waals surface area contributed by atoms with Gasteiger partial charge in [0.15, 0.2) is 0 Å². The lowest BCUT2D eigenvalue weighted by Crippen LogP contribution is -2.52. The number of hydrogen-bond acceptors (Lipinski definition) is 2. The molecule has 102 valence electrons. The molecule has 3 unspecified atom stereocenters. The Kier molecular flexibility index (Phi) is 5.46. The van der Waals surface area contributed by atoms with Crippen molar-refractivity contribution in [3.63, 3.8) is 0 Å². The van der Waals surface area contributed by atoms with Crippen molar-refractivity contribution in [1.29, 1.82) is 0 Å². The third-order valence-electron chi connectivity index (χ3n) is 4.89. The second kappa shape index (κ2) is 6.19. The summed E-state index contributed by atoms with van der Waals surface area (Å²) in [5, 5.41) is 3.58. The summed E-state index contributed by atoms with van der Waals surface area (Å²) in [6.45, 7) is 10.7. The summed E-state index contributed by atoms with van der Waals surface area (Å²) in [4.78, 5) is 2.54. The van der Waals surface area contributed by atoms with Crippen LogP contribution < -0.4 is 5.32 Å². The molecule has 0 aliphatic heterocycles. The molecule has 0 saturated heterocycles. The second-order valence-corrected chi connectivity index (χ2v) is 6.60. The Morgan fingerprint density at radius 3 is 2.59 bits per heavy atom. The minimum atomic E-state index is 0.452. The Balaban J connectivity index is 2.62. The summed E-state index contributed by atoms with van der Waals surface area (Å²) in [7, 11) is 4.41. The SMILES string of the molecule is CCC(C)N(C)CC1CCCC(C)(C)C1NC. The van der Waals surface area contributed by atoms with Crippen LogP contribution >= 0.6 is 0 Å². The van der Waals surface area contributed by atoms with Crippen LogP contribution in [0.3, 0.4) is 0 Å². The highest BCUT2D eigenvalue weighted by atomic mass is 15.1. The number of nitrogens with zero attached hydrogens (tertiary/aromatic N) is 1. The predicted molar refractivity (Wildman–Crippen MR) is 76.4 cm³/mol. The maximum Gasteiger partial charge on any atom is 0.0156 e. The molecule has 17 heavy (non-hydrogen) atoms. The quantitative estimate of drug-likeness (QED) is 0.794. The molecule has 0 aromatic heterocycles. The number of nitrogens with one attached hydrogen (secondary N) is 1. The fraction of sp³-hybridized carbons (Fsp3) is 1.00. The first-order chi connectivity index (χ1) is 7.92. The molecule has 3 atom stereocenters. The Labute approximate surface area is 108 Å². The van der Waals surface area contributed by atoms with E-state index in [2.05, 4.69) is 52.0 Å².